The first-order valence-corrected chi connectivity index (χ1v) is 9.05. The first kappa shape index (κ1) is 16.6. The van der Waals surface area contributed by atoms with E-state index in [1.807, 2.05) is 49.6 Å². The number of rotatable bonds is 5. The van der Waals surface area contributed by atoms with Gasteiger partial charge in [-0.3, -0.25) is 9.59 Å². The van der Waals surface area contributed by atoms with Crippen LogP contribution in [0.3, 0.4) is 0 Å². The summed E-state index contributed by atoms with van der Waals surface area (Å²) in [6.07, 6.45) is 0.305. The average molecular weight is 343 g/mol. The van der Waals surface area contributed by atoms with Gasteiger partial charge in [0.2, 0.25) is 11.8 Å². The van der Waals surface area contributed by atoms with Crippen LogP contribution in [-0.2, 0) is 9.59 Å². The fourth-order valence-electron chi connectivity index (χ4n) is 2.87. The lowest BCUT2D eigenvalue weighted by Crippen LogP contribution is -2.34. The molecular formula is C18H21N3O2S. The quantitative estimate of drug-likeness (QED) is 0.908. The summed E-state index contributed by atoms with van der Waals surface area (Å²) in [4.78, 5) is 30.5. The second kappa shape index (κ2) is 7.13. The van der Waals surface area contributed by atoms with E-state index in [0.29, 0.717) is 19.5 Å². The minimum absolute atomic E-state index is 0.0610. The highest BCUT2D eigenvalue weighted by Crippen LogP contribution is 2.26. The van der Waals surface area contributed by atoms with Crippen molar-refractivity contribution in [1.82, 2.24) is 15.2 Å². The smallest absolute Gasteiger partial charge is 0.225 e. The zero-order chi connectivity index (χ0) is 17.1. The van der Waals surface area contributed by atoms with Gasteiger partial charge in [-0.15, -0.1) is 11.3 Å². The van der Waals surface area contributed by atoms with Gasteiger partial charge in [0.1, 0.15) is 5.01 Å². The average Bonchev–Trinajstić information content (AvgIpc) is 3.22. The number of hydrogen-bond donors (Lipinski definition) is 1. The third-order valence-corrected chi connectivity index (χ3v) is 5.32. The molecule has 1 N–H and O–H groups in total. The van der Waals surface area contributed by atoms with Crippen molar-refractivity contribution in [2.24, 2.45) is 5.92 Å². The van der Waals surface area contributed by atoms with Crippen LogP contribution in [0.25, 0.3) is 11.3 Å². The van der Waals surface area contributed by atoms with Crippen molar-refractivity contribution in [3.05, 3.63) is 40.7 Å². The number of carbonyl (C=O) groups excluding carboxylic acids is 2. The Bertz CT molecular complexity index is 729. The molecule has 0 saturated carbocycles. The lowest BCUT2D eigenvalue weighted by Gasteiger charge is -2.16. The zero-order valence-corrected chi connectivity index (χ0v) is 14.7. The molecule has 2 unspecified atom stereocenters. The van der Waals surface area contributed by atoms with Gasteiger partial charge >= 0.3 is 0 Å². The normalized spacial score (nSPS) is 18.7. The van der Waals surface area contributed by atoms with Gasteiger partial charge in [0.05, 0.1) is 17.7 Å². The molecule has 1 saturated heterocycles. The number of aromatic nitrogens is 1. The summed E-state index contributed by atoms with van der Waals surface area (Å²) in [5, 5.41) is 5.88. The van der Waals surface area contributed by atoms with Crippen LogP contribution in [0.2, 0.25) is 0 Å². The number of hydrogen-bond acceptors (Lipinski definition) is 4. The molecule has 0 radical (unpaired) electrons. The predicted molar refractivity (Wildman–Crippen MR) is 94.5 cm³/mol. The molecule has 5 nitrogen and oxygen atoms in total. The SMILES string of the molecule is CCN1CC(C(=O)NC(C)c2nc(-c3ccccc3)cs2)CC1=O. The van der Waals surface area contributed by atoms with E-state index in [0.717, 1.165) is 16.3 Å². The maximum Gasteiger partial charge on any atom is 0.225 e. The first-order chi connectivity index (χ1) is 11.6. The van der Waals surface area contributed by atoms with Crippen molar-refractivity contribution in [3.8, 4) is 11.3 Å². The second-order valence-corrected chi connectivity index (χ2v) is 6.89. The Labute approximate surface area is 145 Å². The van der Waals surface area contributed by atoms with E-state index in [1.165, 1.54) is 11.3 Å². The van der Waals surface area contributed by atoms with Crippen molar-refractivity contribution in [1.29, 1.82) is 0 Å². The number of thiazole rings is 1. The van der Waals surface area contributed by atoms with Gasteiger partial charge in [0.25, 0.3) is 0 Å². The van der Waals surface area contributed by atoms with Crippen molar-refractivity contribution in [2.75, 3.05) is 13.1 Å². The number of carbonyl (C=O) groups is 2. The summed E-state index contributed by atoms with van der Waals surface area (Å²) in [5.41, 5.74) is 1.99. The van der Waals surface area contributed by atoms with E-state index >= 15 is 0 Å². The molecular weight excluding hydrogens is 322 g/mol. The molecule has 1 aliphatic rings. The van der Waals surface area contributed by atoms with Gasteiger partial charge in [0.15, 0.2) is 0 Å². The van der Waals surface area contributed by atoms with Crippen molar-refractivity contribution >= 4 is 23.2 Å². The topological polar surface area (TPSA) is 62.3 Å². The fourth-order valence-corrected chi connectivity index (χ4v) is 3.71. The summed E-state index contributed by atoms with van der Waals surface area (Å²) >= 11 is 1.54. The molecule has 3 rings (SSSR count). The maximum absolute atomic E-state index is 12.4. The number of benzene rings is 1. The minimum Gasteiger partial charge on any atom is -0.347 e. The summed E-state index contributed by atoms with van der Waals surface area (Å²) < 4.78 is 0. The molecule has 1 fully saturated rings. The fraction of sp³-hybridized carbons (Fsp3) is 0.389. The van der Waals surface area contributed by atoms with E-state index < -0.39 is 0 Å². The highest BCUT2D eigenvalue weighted by atomic mass is 32.1. The highest BCUT2D eigenvalue weighted by Gasteiger charge is 2.34. The van der Waals surface area contributed by atoms with Crippen molar-refractivity contribution in [2.45, 2.75) is 26.3 Å². The molecule has 6 heteroatoms. The van der Waals surface area contributed by atoms with Gasteiger partial charge in [-0.2, -0.15) is 0 Å². The summed E-state index contributed by atoms with van der Waals surface area (Å²) in [6, 6.07) is 9.82. The Kier molecular flexibility index (Phi) is 4.94. The van der Waals surface area contributed by atoms with Gasteiger partial charge < -0.3 is 10.2 Å². The van der Waals surface area contributed by atoms with Gasteiger partial charge in [-0.25, -0.2) is 4.98 Å². The third kappa shape index (κ3) is 3.48. The van der Waals surface area contributed by atoms with Crippen molar-refractivity contribution in [3.63, 3.8) is 0 Å². The molecule has 2 amide bonds. The molecule has 1 aromatic carbocycles. The van der Waals surface area contributed by atoms with Crippen LogP contribution in [0.5, 0.6) is 0 Å². The van der Waals surface area contributed by atoms with Gasteiger partial charge in [0, 0.05) is 30.5 Å². The molecule has 0 bridgehead atoms. The molecule has 1 aromatic heterocycles. The van der Waals surface area contributed by atoms with Crippen LogP contribution in [0, 0.1) is 5.92 Å². The number of nitrogens with one attached hydrogen (secondary N) is 1. The van der Waals surface area contributed by atoms with Gasteiger partial charge in [-0.05, 0) is 13.8 Å². The van der Waals surface area contributed by atoms with E-state index in [1.54, 1.807) is 4.90 Å². The second-order valence-electron chi connectivity index (χ2n) is 6.00. The molecule has 0 aliphatic carbocycles. The largest absolute Gasteiger partial charge is 0.347 e. The standard InChI is InChI=1S/C18H21N3O2S/c1-3-21-10-14(9-16(21)22)17(23)19-12(2)18-20-15(11-24-18)13-7-5-4-6-8-13/h4-8,11-12,14H,3,9-10H2,1-2H3,(H,19,23). The molecule has 24 heavy (non-hydrogen) atoms. The Hall–Kier alpha value is -2.21. The van der Waals surface area contributed by atoms with Crippen LogP contribution in [0.15, 0.2) is 35.7 Å². The molecule has 2 atom stereocenters. The van der Waals surface area contributed by atoms with Crippen LogP contribution in [0.1, 0.15) is 31.3 Å². The minimum atomic E-state index is -0.256. The molecule has 126 valence electrons. The number of nitrogens with zero attached hydrogens (tertiary/aromatic N) is 2. The maximum atomic E-state index is 12.4. The molecule has 0 spiro atoms. The lowest BCUT2D eigenvalue weighted by molar-refractivity contribution is -0.129. The van der Waals surface area contributed by atoms with E-state index in [-0.39, 0.29) is 23.8 Å². The molecule has 1 aliphatic heterocycles. The van der Waals surface area contributed by atoms with Crippen LogP contribution >= 0.6 is 11.3 Å². The Balaban J connectivity index is 1.63. The molecule has 2 aromatic rings. The Morgan fingerprint density at radius 3 is 2.83 bits per heavy atom. The number of likely N-dealkylation sites (tertiary alicyclic amines) is 1. The third-order valence-electron chi connectivity index (χ3n) is 4.29. The van der Waals surface area contributed by atoms with E-state index in [2.05, 4.69) is 10.3 Å². The van der Waals surface area contributed by atoms with E-state index in [4.69, 9.17) is 0 Å². The Morgan fingerprint density at radius 1 is 1.42 bits per heavy atom. The molecule has 2 heterocycles. The van der Waals surface area contributed by atoms with Gasteiger partial charge in [-0.1, -0.05) is 30.3 Å². The van der Waals surface area contributed by atoms with Crippen LogP contribution in [-0.4, -0.2) is 34.8 Å². The zero-order valence-electron chi connectivity index (χ0n) is 13.9. The van der Waals surface area contributed by atoms with Crippen LogP contribution in [0.4, 0.5) is 0 Å². The first-order valence-electron chi connectivity index (χ1n) is 8.17. The van der Waals surface area contributed by atoms with E-state index in [9.17, 15) is 9.59 Å². The summed E-state index contributed by atoms with van der Waals surface area (Å²) in [7, 11) is 0. The Morgan fingerprint density at radius 2 is 2.17 bits per heavy atom. The van der Waals surface area contributed by atoms with Crippen molar-refractivity contribution < 1.29 is 9.59 Å². The van der Waals surface area contributed by atoms with Crippen LogP contribution < -0.4 is 5.32 Å². The summed E-state index contributed by atoms with van der Waals surface area (Å²) in [6.45, 7) is 5.04. The predicted octanol–water partition coefficient (Wildman–Crippen LogP) is 2.86. The lowest BCUT2D eigenvalue weighted by atomic mass is 10.1. The highest BCUT2D eigenvalue weighted by molar-refractivity contribution is 7.10. The monoisotopic (exact) mass is 343 g/mol. The summed E-state index contributed by atoms with van der Waals surface area (Å²) in [5.74, 6) is -0.261. The number of amides is 2.